The Balaban J connectivity index is 1.60. The van der Waals surface area contributed by atoms with Gasteiger partial charge in [0.25, 0.3) is 0 Å². The summed E-state index contributed by atoms with van der Waals surface area (Å²) in [7, 11) is 0. The second-order valence-corrected chi connectivity index (χ2v) is 8.12. The molecule has 0 spiro atoms. The van der Waals surface area contributed by atoms with Crippen molar-refractivity contribution in [1.29, 1.82) is 0 Å². The Kier molecular flexibility index (Phi) is 6.44. The van der Waals surface area contributed by atoms with E-state index in [1.54, 1.807) is 11.0 Å². The van der Waals surface area contributed by atoms with Gasteiger partial charge in [0.1, 0.15) is 0 Å². The number of hydrogen-bond donors (Lipinski definition) is 2. The molecule has 1 aromatic heterocycles. The molecule has 1 atom stereocenters. The number of fused-ring (bicyclic) bond motifs is 1. The second kappa shape index (κ2) is 8.65. The molecule has 2 aromatic rings. The van der Waals surface area contributed by atoms with Gasteiger partial charge in [-0.2, -0.15) is 0 Å². The van der Waals surface area contributed by atoms with Gasteiger partial charge in [-0.1, -0.05) is 23.2 Å². The Morgan fingerprint density at radius 1 is 1.21 bits per heavy atom. The number of aromatic nitrogens is 1. The Labute approximate surface area is 174 Å². The van der Waals surface area contributed by atoms with Gasteiger partial charge in [-0.05, 0) is 53.6 Å². The first-order valence-corrected chi connectivity index (χ1v) is 10.3. The number of phenolic OH excluding ortho intramolecular Hbond substituents is 2. The zero-order valence-corrected chi connectivity index (χ0v) is 17.0. The molecule has 7 nitrogen and oxygen atoms in total. The van der Waals surface area contributed by atoms with Crippen LogP contribution in [0.2, 0.25) is 10.0 Å². The van der Waals surface area contributed by atoms with Crippen LogP contribution in [-0.2, 0) is 35.3 Å². The van der Waals surface area contributed by atoms with Crippen LogP contribution in [-0.4, -0.2) is 41.3 Å². The lowest BCUT2D eigenvalue weighted by Gasteiger charge is -2.30. The van der Waals surface area contributed by atoms with Crippen LogP contribution < -0.4 is 0 Å². The fourth-order valence-electron chi connectivity index (χ4n) is 3.15. The third kappa shape index (κ3) is 4.25. The average molecular weight is 444 g/mol. The Hall–Kier alpha value is -1.87. The quantitative estimate of drug-likeness (QED) is 0.542. The van der Waals surface area contributed by atoms with E-state index in [1.807, 2.05) is 0 Å². The highest BCUT2D eigenvalue weighted by Crippen LogP contribution is 2.46. The number of rotatable bonds is 5. The van der Waals surface area contributed by atoms with Gasteiger partial charge in [-0.25, -0.2) is 0 Å². The summed E-state index contributed by atoms with van der Waals surface area (Å²) in [6.07, 6.45) is 3.12. The van der Waals surface area contributed by atoms with Gasteiger partial charge in [0.15, 0.2) is 11.5 Å². The van der Waals surface area contributed by atoms with Crippen molar-refractivity contribution in [3.63, 3.8) is 0 Å². The number of benzene rings is 1. The topological polar surface area (TPSA) is 114 Å². The van der Waals surface area contributed by atoms with E-state index in [0.717, 1.165) is 0 Å². The van der Waals surface area contributed by atoms with Gasteiger partial charge >= 0.3 is 0 Å². The standard InChI is InChI=1S/C18H18Cl2N2O5S/c19-15-12-6-7-22(9-13(12)16(20)18(25)17(15)24)14(23)3-1-2-10-4-5-11(8-21-10)28(26)27/h4-5,8,24-25H,1-3,6-7,9H2,(H,26,27)/p-1. The van der Waals surface area contributed by atoms with Crippen LogP contribution in [0.1, 0.15) is 29.7 Å². The Morgan fingerprint density at radius 3 is 2.50 bits per heavy atom. The summed E-state index contributed by atoms with van der Waals surface area (Å²) < 4.78 is 21.7. The zero-order valence-electron chi connectivity index (χ0n) is 14.7. The highest BCUT2D eigenvalue weighted by molar-refractivity contribution is 7.79. The maximum atomic E-state index is 12.5. The average Bonchev–Trinajstić information content (AvgIpc) is 2.70. The van der Waals surface area contributed by atoms with Gasteiger partial charge in [-0.3, -0.25) is 14.0 Å². The van der Waals surface area contributed by atoms with E-state index >= 15 is 0 Å². The normalized spacial score (nSPS) is 14.6. The van der Waals surface area contributed by atoms with Crippen LogP contribution in [0.4, 0.5) is 0 Å². The van der Waals surface area contributed by atoms with Crippen LogP contribution in [0.3, 0.4) is 0 Å². The number of hydrogen-bond acceptors (Lipinski definition) is 6. The molecular formula is C18H17Cl2N2O5S-. The predicted octanol–water partition coefficient (Wildman–Crippen LogP) is 2.95. The van der Waals surface area contributed by atoms with Gasteiger partial charge in [0, 0.05) is 36.3 Å². The van der Waals surface area contributed by atoms with Crippen LogP contribution in [0.15, 0.2) is 23.2 Å². The summed E-state index contributed by atoms with van der Waals surface area (Å²) in [6, 6.07) is 3.10. The third-order valence-corrected chi connectivity index (χ3v) is 6.12. The molecule has 28 heavy (non-hydrogen) atoms. The first-order chi connectivity index (χ1) is 13.3. The summed E-state index contributed by atoms with van der Waals surface area (Å²) in [4.78, 5) is 18.4. The van der Waals surface area contributed by atoms with E-state index in [4.69, 9.17) is 23.2 Å². The molecule has 1 aromatic carbocycles. The van der Waals surface area contributed by atoms with Crippen molar-refractivity contribution in [1.82, 2.24) is 9.88 Å². The summed E-state index contributed by atoms with van der Waals surface area (Å²) in [5.41, 5.74) is 1.90. The lowest BCUT2D eigenvalue weighted by atomic mass is 9.98. The number of amides is 1. The van der Waals surface area contributed by atoms with Crippen molar-refractivity contribution in [2.75, 3.05) is 6.54 Å². The maximum absolute atomic E-state index is 12.5. The monoisotopic (exact) mass is 443 g/mol. The SMILES string of the molecule is O=C(CCCc1ccc(S(=O)[O-])cn1)N1CCc2c(Cl)c(O)c(O)c(Cl)c2C1. The van der Waals surface area contributed by atoms with Crippen molar-refractivity contribution in [3.05, 3.63) is 45.2 Å². The minimum absolute atomic E-state index is 0.00875. The fourth-order valence-corrected chi connectivity index (χ4v) is 4.03. The molecule has 2 N–H and O–H groups in total. The Morgan fingerprint density at radius 2 is 1.89 bits per heavy atom. The number of carbonyl (C=O) groups is 1. The zero-order chi connectivity index (χ0) is 20.4. The smallest absolute Gasteiger partial charge is 0.222 e. The highest BCUT2D eigenvalue weighted by Gasteiger charge is 2.28. The van der Waals surface area contributed by atoms with Crippen LogP contribution in [0.25, 0.3) is 0 Å². The molecule has 3 rings (SSSR count). The van der Waals surface area contributed by atoms with Crippen LogP contribution >= 0.6 is 23.2 Å². The molecule has 1 aliphatic rings. The molecule has 0 aliphatic carbocycles. The second-order valence-electron chi connectivity index (χ2n) is 6.42. The number of phenols is 2. The number of aromatic hydroxyl groups is 2. The van der Waals surface area contributed by atoms with E-state index in [0.29, 0.717) is 49.0 Å². The maximum Gasteiger partial charge on any atom is 0.222 e. The van der Waals surface area contributed by atoms with Gasteiger partial charge < -0.3 is 19.7 Å². The van der Waals surface area contributed by atoms with E-state index < -0.39 is 22.6 Å². The van der Waals surface area contributed by atoms with Crippen molar-refractivity contribution in [2.45, 2.75) is 37.1 Å². The summed E-state index contributed by atoms with van der Waals surface area (Å²) in [5.74, 6) is -0.986. The third-order valence-electron chi connectivity index (χ3n) is 4.68. The van der Waals surface area contributed by atoms with Crippen molar-refractivity contribution in [2.24, 2.45) is 0 Å². The number of carbonyl (C=O) groups excluding carboxylic acids is 1. The number of halogens is 2. The molecule has 0 radical (unpaired) electrons. The molecule has 0 fully saturated rings. The predicted molar refractivity (Wildman–Crippen MR) is 103 cm³/mol. The van der Waals surface area contributed by atoms with Crippen LogP contribution in [0, 0.1) is 0 Å². The molecule has 0 saturated heterocycles. The number of pyridine rings is 1. The van der Waals surface area contributed by atoms with E-state index in [9.17, 15) is 23.8 Å². The first kappa shape index (κ1) is 20.9. The molecule has 1 amide bonds. The Bertz CT molecular complexity index is 937. The minimum Gasteiger partial charge on any atom is -0.768 e. The molecular weight excluding hydrogens is 427 g/mol. The van der Waals surface area contributed by atoms with E-state index in [2.05, 4.69) is 4.98 Å². The van der Waals surface area contributed by atoms with E-state index in [-0.39, 0.29) is 27.4 Å². The lowest BCUT2D eigenvalue weighted by Crippen LogP contribution is -2.36. The van der Waals surface area contributed by atoms with Crippen LogP contribution in [0.5, 0.6) is 11.5 Å². The van der Waals surface area contributed by atoms with Crippen molar-refractivity contribution >= 4 is 40.2 Å². The van der Waals surface area contributed by atoms with Gasteiger partial charge in [0.2, 0.25) is 5.91 Å². The summed E-state index contributed by atoms with van der Waals surface area (Å²) in [6.45, 7) is 0.650. The number of nitrogens with zero attached hydrogens (tertiary/aromatic N) is 2. The first-order valence-electron chi connectivity index (χ1n) is 8.52. The minimum atomic E-state index is -2.31. The molecule has 0 bridgehead atoms. The van der Waals surface area contributed by atoms with Gasteiger partial charge in [-0.15, -0.1) is 0 Å². The number of aryl methyl sites for hydroxylation is 1. The molecule has 1 unspecified atom stereocenters. The highest BCUT2D eigenvalue weighted by atomic mass is 35.5. The van der Waals surface area contributed by atoms with E-state index in [1.165, 1.54) is 12.3 Å². The molecule has 1 aliphatic heterocycles. The molecule has 2 heterocycles. The van der Waals surface area contributed by atoms with Crippen molar-refractivity contribution < 1.29 is 23.8 Å². The molecule has 150 valence electrons. The molecule has 10 heteroatoms. The largest absolute Gasteiger partial charge is 0.768 e. The molecule has 0 saturated carbocycles. The summed E-state index contributed by atoms with van der Waals surface area (Å²) >= 11 is 9.89. The lowest BCUT2D eigenvalue weighted by molar-refractivity contribution is -0.132. The fraction of sp³-hybridized carbons (Fsp3) is 0.333. The van der Waals surface area contributed by atoms with Gasteiger partial charge in [0.05, 0.1) is 10.0 Å². The van der Waals surface area contributed by atoms with Crippen molar-refractivity contribution in [3.8, 4) is 11.5 Å². The summed E-state index contributed by atoms with van der Waals surface area (Å²) in [5, 5.41) is 19.8.